The molecule has 2 aromatic rings. The standard InChI is InChI=1S/C19H23ClN2OS/c1-2-15-11-16-17(24-15)5-10-23-19(16)6-8-22(9-7-19)13-14-3-4-18(20)21-12-14/h3-4,11-12H,2,5-10,13H2,1H3. The highest BCUT2D eigenvalue weighted by molar-refractivity contribution is 7.12. The summed E-state index contributed by atoms with van der Waals surface area (Å²) in [6.45, 7) is 6.20. The Balaban J connectivity index is 1.46. The topological polar surface area (TPSA) is 25.4 Å². The number of likely N-dealkylation sites (tertiary alicyclic amines) is 1. The Morgan fingerprint density at radius 3 is 2.88 bits per heavy atom. The largest absolute Gasteiger partial charge is 0.370 e. The van der Waals surface area contributed by atoms with Gasteiger partial charge in [0.15, 0.2) is 0 Å². The number of thiophene rings is 1. The molecule has 0 aliphatic carbocycles. The van der Waals surface area contributed by atoms with Gasteiger partial charge in [-0.3, -0.25) is 4.90 Å². The molecule has 0 bridgehead atoms. The number of aromatic nitrogens is 1. The van der Waals surface area contributed by atoms with Crippen LogP contribution >= 0.6 is 22.9 Å². The number of pyridine rings is 1. The molecule has 2 aromatic heterocycles. The molecule has 2 aliphatic heterocycles. The average molecular weight is 363 g/mol. The molecular weight excluding hydrogens is 340 g/mol. The lowest BCUT2D eigenvalue weighted by atomic mass is 9.82. The maximum Gasteiger partial charge on any atom is 0.129 e. The van der Waals surface area contributed by atoms with Gasteiger partial charge in [0.25, 0.3) is 0 Å². The molecule has 1 spiro atoms. The van der Waals surface area contributed by atoms with Crippen LogP contribution in [0.2, 0.25) is 5.15 Å². The number of hydrogen-bond acceptors (Lipinski definition) is 4. The van der Waals surface area contributed by atoms with Crippen molar-refractivity contribution >= 4 is 22.9 Å². The van der Waals surface area contributed by atoms with Crippen molar-refractivity contribution in [1.29, 1.82) is 0 Å². The summed E-state index contributed by atoms with van der Waals surface area (Å²) >= 11 is 7.87. The van der Waals surface area contributed by atoms with Gasteiger partial charge in [0.05, 0.1) is 12.2 Å². The Kier molecular flexibility index (Phi) is 4.65. The molecule has 0 aromatic carbocycles. The minimum atomic E-state index is -0.0355. The molecule has 0 N–H and O–H groups in total. The summed E-state index contributed by atoms with van der Waals surface area (Å²) < 4.78 is 6.36. The van der Waals surface area contributed by atoms with Crippen molar-refractivity contribution in [2.75, 3.05) is 19.7 Å². The summed E-state index contributed by atoms with van der Waals surface area (Å²) in [7, 11) is 0. The van der Waals surface area contributed by atoms with Crippen LogP contribution in [-0.4, -0.2) is 29.6 Å². The van der Waals surface area contributed by atoms with E-state index in [0.717, 1.165) is 51.9 Å². The van der Waals surface area contributed by atoms with Gasteiger partial charge in [-0.05, 0) is 42.5 Å². The first-order chi connectivity index (χ1) is 11.7. The van der Waals surface area contributed by atoms with Crippen molar-refractivity contribution in [2.24, 2.45) is 0 Å². The lowest BCUT2D eigenvalue weighted by molar-refractivity contribution is -0.0981. The van der Waals surface area contributed by atoms with Gasteiger partial charge >= 0.3 is 0 Å². The van der Waals surface area contributed by atoms with Gasteiger partial charge in [0.1, 0.15) is 5.15 Å². The molecule has 128 valence electrons. The third-order valence-corrected chi connectivity index (χ3v) is 6.83. The molecule has 0 radical (unpaired) electrons. The second-order valence-electron chi connectivity index (χ2n) is 6.76. The number of fused-ring (bicyclic) bond motifs is 2. The van der Waals surface area contributed by atoms with Crippen molar-refractivity contribution in [1.82, 2.24) is 9.88 Å². The molecule has 24 heavy (non-hydrogen) atoms. The second kappa shape index (κ2) is 6.75. The van der Waals surface area contributed by atoms with Crippen molar-refractivity contribution < 1.29 is 4.74 Å². The number of aryl methyl sites for hydroxylation is 1. The van der Waals surface area contributed by atoms with Gasteiger partial charge in [-0.15, -0.1) is 11.3 Å². The number of ether oxygens (including phenoxy) is 1. The molecule has 2 aliphatic rings. The number of nitrogens with zero attached hydrogens (tertiary/aromatic N) is 2. The summed E-state index contributed by atoms with van der Waals surface area (Å²) in [5, 5.41) is 0.559. The van der Waals surface area contributed by atoms with Gasteiger partial charge in [-0.25, -0.2) is 4.98 Å². The summed E-state index contributed by atoms with van der Waals surface area (Å²) in [4.78, 5) is 9.75. The number of piperidine rings is 1. The van der Waals surface area contributed by atoms with Crippen molar-refractivity contribution in [3.05, 3.63) is 50.4 Å². The number of hydrogen-bond donors (Lipinski definition) is 0. The SMILES string of the molecule is CCc1cc2c(s1)CCOC21CCN(Cc2ccc(Cl)nc2)CC1. The zero-order valence-corrected chi connectivity index (χ0v) is 15.6. The van der Waals surface area contributed by atoms with E-state index in [1.165, 1.54) is 16.0 Å². The first kappa shape index (κ1) is 16.5. The van der Waals surface area contributed by atoms with E-state index in [0.29, 0.717) is 5.15 Å². The fourth-order valence-corrected chi connectivity index (χ4v) is 5.18. The highest BCUT2D eigenvalue weighted by atomic mass is 35.5. The summed E-state index contributed by atoms with van der Waals surface area (Å²) in [6, 6.07) is 6.36. The molecule has 3 nitrogen and oxygen atoms in total. The number of halogens is 1. The second-order valence-corrected chi connectivity index (χ2v) is 8.37. The van der Waals surface area contributed by atoms with Gasteiger partial charge in [0, 0.05) is 42.0 Å². The third-order valence-electron chi connectivity index (χ3n) is 5.27. The van der Waals surface area contributed by atoms with Crippen molar-refractivity contribution in [2.45, 2.75) is 44.8 Å². The Bertz CT molecular complexity index is 705. The Morgan fingerprint density at radius 1 is 1.33 bits per heavy atom. The summed E-state index contributed by atoms with van der Waals surface area (Å²) in [5.74, 6) is 0. The van der Waals surface area contributed by atoms with Gasteiger partial charge in [-0.2, -0.15) is 0 Å². The van der Waals surface area contributed by atoms with E-state index in [2.05, 4.69) is 28.9 Å². The number of rotatable bonds is 3. The first-order valence-corrected chi connectivity index (χ1v) is 9.97. The third kappa shape index (κ3) is 3.13. The van der Waals surface area contributed by atoms with E-state index >= 15 is 0 Å². The average Bonchev–Trinajstić information content (AvgIpc) is 3.04. The lowest BCUT2D eigenvalue weighted by Crippen LogP contribution is -2.45. The van der Waals surface area contributed by atoms with Crippen LogP contribution in [0.5, 0.6) is 0 Å². The molecule has 0 saturated carbocycles. The monoisotopic (exact) mass is 362 g/mol. The summed E-state index contributed by atoms with van der Waals surface area (Å²) in [6.07, 6.45) is 6.27. The van der Waals surface area contributed by atoms with Crippen LogP contribution in [0.25, 0.3) is 0 Å². The van der Waals surface area contributed by atoms with Crippen LogP contribution in [0.3, 0.4) is 0 Å². The fourth-order valence-electron chi connectivity index (χ4n) is 3.89. The lowest BCUT2D eigenvalue weighted by Gasteiger charge is -2.44. The van der Waals surface area contributed by atoms with E-state index in [1.807, 2.05) is 23.6 Å². The Morgan fingerprint density at radius 2 is 2.17 bits per heavy atom. The summed E-state index contributed by atoms with van der Waals surface area (Å²) in [5.41, 5.74) is 2.68. The van der Waals surface area contributed by atoms with Gasteiger partial charge in [-0.1, -0.05) is 24.6 Å². The zero-order chi connectivity index (χ0) is 16.6. The molecule has 4 heterocycles. The van der Waals surface area contributed by atoms with Crippen LogP contribution in [-0.2, 0) is 29.7 Å². The molecule has 0 amide bonds. The fraction of sp³-hybridized carbons (Fsp3) is 0.526. The Hall–Kier alpha value is -0.940. The predicted octanol–water partition coefficient (Wildman–Crippen LogP) is 4.42. The van der Waals surface area contributed by atoms with E-state index in [1.54, 1.807) is 4.88 Å². The zero-order valence-electron chi connectivity index (χ0n) is 14.1. The predicted molar refractivity (Wildman–Crippen MR) is 98.8 cm³/mol. The van der Waals surface area contributed by atoms with E-state index in [4.69, 9.17) is 16.3 Å². The first-order valence-electron chi connectivity index (χ1n) is 8.77. The van der Waals surface area contributed by atoms with Crippen LogP contribution in [0.15, 0.2) is 24.4 Å². The smallest absolute Gasteiger partial charge is 0.129 e. The highest BCUT2D eigenvalue weighted by Crippen LogP contribution is 2.44. The van der Waals surface area contributed by atoms with Crippen molar-refractivity contribution in [3.8, 4) is 0 Å². The minimum absolute atomic E-state index is 0.0355. The van der Waals surface area contributed by atoms with Crippen molar-refractivity contribution in [3.63, 3.8) is 0 Å². The van der Waals surface area contributed by atoms with E-state index < -0.39 is 0 Å². The molecule has 4 rings (SSSR count). The van der Waals surface area contributed by atoms with E-state index in [9.17, 15) is 0 Å². The van der Waals surface area contributed by atoms with Gasteiger partial charge in [0.2, 0.25) is 0 Å². The molecule has 1 saturated heterocycles. The molecule has 1 fully saturated rings. The molecule has 0 atom stereocenters. The van der Waals surface area contributed by atoms with Crippen LogP contribution in [0.4, 0.5) is 0 Å². The normalized spacial score (nSPS) is 20.2. The molecule has 0 unspecified atom stereocenters. The van der Waals surface area contributed by atoms with Crippen LogP contribution in [0, 0.1) is 0 Å². The van der Waals surface area contributed by atoms with Crippen LogP contribution < -0.4 is 0 Å². The molecule has 5 heteroatoms. The van der Waals surface area contributed by atoms with E-state index in [-0.39, 0.29) is 5.60 Å². The quantitative estimate of drug-likeness (QED) is 0.755. The van der Waals surface area contributed by atoms with Gasteiger partial charge < -0.3 is 4.74 Å². The highest BCUT2D eigenvalue weighted by Gasteiger charge is 2.41. The Labute approximate surface area is 152 Å². The maximum atomic E-state index is 6.36. The molecular formula is C19H23ClN2OS. The minimum Gasteiger partial charge on any atom is -0.370 e. The maximum absolute atomic E-state index is 6.36. The van der Waals surface area contributed by atoms with Crippen LogP contribution in [0.1, 0.15) is 40.6 Å².